The smallest absolute Gasteiger partial charge is 1.00 e. The summed E-state index contributed by atoms with van der Waals surface area (Å²) in [4.78, 5) is 23.5. The number of para-hydroxylation sites is 8. The zero-order valence-corrected chi connectivity index (χ0v) is 70.2. The number of hydrogen-bond donors (Lipinski definition) is 6. The van der Waals surface area contributed by atoms with Crippen LogP contribution in [0.1, 0.15) is 66.8 Å². The van der Waals surface area contributed by atoms with Gasteiger partial charge in [-0.05, 0) is 123 Å². The second-order valence-corrected chi connectivity index (χ2v) is 23.1. The van der Waals surface area contributed by atoms with Gasteiger partial charge in [0, 0.05) is 130 Å². The molecule has 32 heteroatoms. The Hall–Kier alpha value is -4.62. The fraction of sp³-hybridized carbons (Fsp3) is 0.333. The second-order valence-electron chi connectivity index (χ2n) is 23.1. The van der Waals surface area contributed by atoms with Crippen molar-refractivity contribution >= 4 is 47.6 Å². The van der Waals surface area contributed by atoms with Crippen LogP contribution < -0.4 is 73.7 Å². The number of aryl methyl sites for hydroxylation is 4. The molecule has 0 aliphatic rings. The third-order valence-corrected chi connectivity index (χ3v) is 15.1. The van der Waals surface area contributed by atoms with Gasteiger partial charge in [0.15, 0.2) is 0 Å². The number of benzene rings is 8. The van der Waals surface area contributed by atoms with E-state index in [4.69, 9.17) is 30.6 Å². The molecule has 26 nitrogen and oxygen atoms in total. The van der Waals surface area contributed by atoms with E-state index in [1.807, 2.05) is 27.7 Å². The number of halogens is 1. The van der Waals surface area contributed by atoms with Crippen molar-refractivity contribution < 1.29 is 252 Å². The van der Waals surface area contributed by atoms with Gasteiger partial charge in [0.1, 0.15) is 0 Å². The molecule has 0 aromatic heterocycles. The first kappa shape index (κ1) is 112. The normalized spacial score (nSPS) is 10.6. The van der Waals surface area contributed by atoms with Crippen molar-refractivity contribution in [2.45, 2.75) is 53.9 Å². The Balaban J connectivity index is -0.000000658. The summed E-state index contributed by atoms with van der Waals surface area (Å²) in [7, 11) is 2.00. The van der Waals surface area contributed by atoms with Gasteiger partial charge in [0.25, 0.3) is 0 Å². The summed E-state index contributed by atoms with van der Waals surface area (Å²) in [6.45, 7) is 9.56. The Labute approximate surface area is 762 Å². The Morgan fingerprint density at radius 3 is 0.645 bits per heavy atom. The van der Waals surface area contributed by atoms with E-state index in [2.05, 4.69) is 20.0 Å². The maximum Gasteiger partial charge on any atom is 3.00 e. The first-order valence-corrected chi connectivity index (χ1v) is 33.2. The van der Waals surface area contributed by atoms with Crippen LogP contribution in [0.4, 0.5) is 22.7 Å². The molecular formula is C78H92ClDy3N8Ni2O18-2. The second kappa shape index (κ2) is 64.6. The first-order chi connectivity index (χ1) is 50.2. The number of nitrogens with zero attached hydrogens (tertiary/aromatic N) is 8. The van der Waals surface area contributed by atoms with Gasteiger partial charge < -0.3 is 104 Å². The molecule has 0 aliphatic carbocycles. The number of hydrogen-bond acceptors (Lipinski definition) is 26. The van der Waals surface area contributed by atoms with Crippen LogP contribution in [0.15, 0.2) is 166 Å². The van der Waals surface area contributed by atoms with E-state index >= 15 is 0 Å². The minimum absolute atomic E-state index is 0. The molecule has 8 rings (SSSR count). The fourth-order valence-corrected chi connectivity index (χ4v) is 10.3. The van der Waals surface area contributed by atoms with E-state index in [9.17, 15) is 61.3 Å². The standard InChI is InChI=1S/4C19H23N2O4.2CH4O.ClH.3Dy.2Ni/c4*1-14-10-15(12-20-17-4-2-3-5-18(17)24)19(25)16(11-14)13-21(6-8-22)7-9-23;2*1-2;;;;;;/h4*2-5,10-12,22,24-25H,6-9,13H2,1H3;2*2H,1H3;1H;;;;;/q4*-1;;;;;2*+3;+2;+3/p-9. The molecule has 611 valence electrons. The molecule has 0 spiro atoms. The van der Waals surface area contributed by atoms with E-state index in [1.165, 1.54) is 49.1 Å². The van der Waals surface area contributed by atoms with Crippen LogP contribution >= 0.6 is 0 Å². The van der Waals surface area contributed by atoms with Gasteiger partial charge in [-0.15, -0.1) is 26.4 Å². The monoisotopic (exact) mass is 2070 g/mol. The summed E-state index contributed by atoms with van der Waals surface area (Å²) in [5.41, 5.74) is 8.38. The molecule has 0 bridgehead atoms. The number of aliphatic imine (C=N–C) groups is 4. The van der Waals surface area contributed by atoms with Gasteiger partial charge in [-0.1, -0.05) is 190 Å². The third-order valence-electron chi connectivity index (χ3n) is 15.1. The molecule has 0 saturated heterocycles. The average Bonchev–Trinajstić information content (AvgIpc) is 0.847. The van der Waals surface area contributed by atoms with Crippen LogP contribution in [0.3, 0.4) is 0 Å². The Morgan fingerprint density at radius 2 is 0.491 bits per heavy atom. The summed E-state index contributed by atoms with van der Waals surface area (Å²) < 4.78 is 0. The number of aliphatic hydroxyl groups excluding tert-OH is 6. The molecule has 0 saturated carbocycles. The Kier molecular flexibility index (Phi) is 65.6. The van der Waals surface area contributed by atoms with Gasteiger partial charge in [-0.2, -0.15) is 0 Å². The summed E-state index contributed by atoms with van der Waals surface area (Å²) in [6, 6.07) is 39.4. The van der Waals surface area contributed by atoms with Crippen LogP contribution in [0.2, 0.25) is 0 Å². The van der Waals surface area contributed by atoms with E-state index in [-0.39, 0.29) is 308 Å². The molecular weight excluding hydrogens is 1980 g/mol. The molecule has 110 heavy (non-hydrogen) atoms. The van der Waals surface area contributed by atoms with Gasteiger partial charge in [0.2, 0.25) is 0 Å². The van der Waals surface area contributed by atoms with Crippen molar-refractivity contribution in [2.75, 3.05) is 119 Å². The van der Waals surface area contributed by atoms with Crippen molar-refractivity contribution in [3.63, 3.8) is 0 Å². The SMILES string of the molecule is CO.CO.Cc1cc(C=Nc2ccccc2[O-])c([O-])c(CN(CC[O-])CCO)c1.Cc1cc(C=Nc2ccccc2[O-])c([O-])c(CN(CC[O-])CCO)c1.Cc1cc(C=Nc2ccccc2[O-])c([O-])c(CN(CC[O-])CCO)c1.Cc1cc(C=Nc2ccccc2[O-])c([O-])c(CN(CC[O-])CCO)c1.[Cl-].[Dy+3].[Dy+3].[Dy].[Ni+2].[Ni+3]. The van der Waals surface area contributed by atoms with Crippen LogP contribution in [0, 0.1) is 142 Å². The van der Waals surface area contributed by atoms with Gasteiger partial charge in [0.05, 0.1) is 49.2 Å². The van der Waals surface area contributed by atoms with Crippen molar-refractivity contribution in [1.29, 1.82) is 0 Å². The molecule has 6 N–H and O–H groups in total. The zero-order chi connectivity index (χ0) is 76.9. The minimum Gasteiger partial charge on any atom is -1.00 e. The molecule has 0 atom stereocenters. The quantitative estimate of drug-likeness (QED) is 0.0175. The van der Waals surface area contributed by atoms with Crippen molar-refractivity contribution in [3.8, 4) is 46.0 Å². The molecule has 8 aromatic carbocycles. The van der Waals surface area contributed by atoms with Crippen molar-refractivity contribution in [2.24, 2.45) is 20.0 Å². The summed E-state index contributed by atoms with van der Waals surface area (Å²) in [6.07, 6.45) is 5.61. The Morgan fingerprint density at radius 1 is 0.318 bits per heavy atom. The van der Waals surface area contributed by atoms with E-state index in [0.717, 1.165) is 36.5 Å². The first-order valence-electron chi connectivity index (χ1n) is 33.2. The predicted octanol–water partition coefficient (Wildman–Crippen LogP) is -3.59. The maximum absolute atomic E-state index is 12.6. The van der Waals surface area contributed by atoms with Crippen molar-refractivity contribution in [3.05, 3.63) is 212 Å². The molecule has 0 aliphatic heterocycles. The predicted molar refractivity (Wildman–Crippen MR) is 380 cm³/mol. The number of rotatable bonds is 32. The molecule has 0 heterocycles. The number of aliphatic hydroxyl groups is 6. The topological polar surface area (TPSA) is 461 Å². The van der Waals surface area contributed by atoms with Crippen LogP contribution in [-0.2, 0) is 59.2 Å². The summed E-state index contributed by atoms with van der Waals surface area (Å²) in [5, 5.41) is 191. The summed E-state index contributed by atoms with van der Waals surface area (Å²) in [5.74, 6) is -1.57. The Bertz CT molecular complexity index is 3450. The zero-order valence-electron chi connectivity index (χ0n) is 61.4. The van der Waals surface area contributed by atoms with Gasteiger partial charge >= 0.3 is 109 Å². The molecule has 0 fully saturated rings. The fourth-order valence-electron chi connectivity index (χ4n) is 10.3. The average molecular weight is 2070 g/mol. The van der Waals surface area contributed by atoms with E-state index in [0.29, 0.717) is 96.9 Å². The van der Waals surface area contributed by atoms with Gasteiger partial charge in [-0.3, -0.25) is 39.6 Å². The van der Waals surface area contributed by atoms with Gasteiger partial charge in [-0.25, -0.2) is 0 Å². The maximum atomic E-state index is 12.6. The minimum atomic E-state index is -0.297. The van der Waals surface area contributed by atoms with E-state index in [1.54, 1.807) is 141 Å². The summed E-state index contributed by atoms with van der Waals surface area (Å²) >= 11 is 0. The van der Waals surface area contributed by atoms with Crippen molar-refractivity contribution in [1.82, 2.24) is 19.6 Å². The van der Waals surface area contributed by atoms with Crippen LogP contribution in [0.5, 0.6) is 46.0 Å². The van der Waals surface area contributed by atoms with Crippen LogP contribution in [0.25, 0.3) is 0 Å². The molecule has 0 unspecified atom stereocenters. The molecule has 8 aromatic rings. The van der Waals surface area contributed by atoms with Crippen LogP contribution in [-0.4, -0.2) is 195 Å². The molecule has 3 radical (unpaired) electrons. The largest absolute Gasteiger partial charge is 3.00 e. The van der Waals surface area contributed by atoms with E-state index < -0.39 is 0 Å². The third kappa shape index (κ3) is 40.6. The molecule has 0 amide bonds.